The molecule has 0 aliphatic carbocycles. The summed E-state index contributed by atoms with van der Waals surface area (Å²) in [6.07, 6.45) is -3.89. The van der Waals surface area contributed by atoms with Crippen LogP contribution in [0.1, 0.15) is 37.1 Å². The molecule has 1 aromatic heterocycles. The normalized spacial score (nSPS) is 20.2. The minimum absolute atomic E-state index is 0.0231. The van der Waals surface area contributed by atoms with Crippen molar-refractivity contribution >= 4 is 23.2 Å². The van der Waals surface area contributed by atoms with Crippen molar-refractivity contribution in [2.24, 2.45) is 5.92 Å². The van der Waals surface area contributed by atoms with Crippen LogP contribution in [0.5, 0.6) is 0 Å². The van der Waals surface area contributed by atoms with Gasteiger partial charge in [0.2, 0.25) is 11.8 Å². The van der Waals surface area contributed by atoms with Gasteiger partial charge in [-0.1, -0.05) is 6.07 Å². The summed E-state index contributed by atoms with van der Waals surface area (Å²) in [6.45, 7) is 1.40. The number of hydrogen-bond acceptors (Lipinski definition) is 3. The molecule has 0 unspecified atom stereocenters. The first-order valence-corrected chi connectivity index (χ1v) is 8.30. The Balaban J connectivity index is 2.02. The van der Waals surface area contributed by atoms with Gasteiger partial charge in [0, 0.05) is 24.9 Å². The molecule has 23 heavy (non-hydrogen) atoms. The second-order valence-corrected chi connectivity index (χ2v) is 6.67. The predicted octanol–water partition coefficient (Wildman–Crippen LogP) is 3.12. The van der Waals surface area contributed by atoms with E-state index in [1.165, 1.54) is 23.2 Å². The Bertz CT molecular complexity index is 545. The van der Waals surface area contributed by atoms with E-state index in [0.717, 1.165) is 4.88 Å². The number of nitrogens with zero attached hydrogens (tertiary/aromatic N) is 1. The van der Waals surface area contributed by atoms with Crippen molar-refractivity contribution in [2.45, 2.75) is 38.4 Å². The monoisotopic (exact) mass is 348 g/mol. The van der Waals surface area contributed by atoms with Gasteiger partial charge in [-0.3, -0.25) is 9.59 Å². The number of thiophene rings is 1. The van der Waals surface area contributed by atoms with E-state index in [2.05, 4.69) is 5.32 Å². The van der Waals surface area contributed by atoms with Crippen molar-refractivity contribution in [1.29, 1.82) is 0 Å². The number of likely N-dealkylation sites (tertiary alicyclic amines) is 1. The molecule has 1 aliphatic rings. The highest BCUT2D eigenvalue weighted by atomic mass is 32.1. The summed E-state index contributed by atoms with van der Waals surface area (Å²) in [7, 11) is 0. The predicted molar refractivity (Wildman–Crippen MR) is 80.9 cm³/mol. The molecule has 0 saturated carbocycles. The average Bonchev–Trinajstić information content (AvgIpc) is 2.99. The van der Waals surface area contributed by atoms with E-state index < -0.39 is 18.1 Å². The quantitative estimate of drug-likeness (QED) is 0.909. The fraction of sp³-hybridized carbons (Fsp3) is 0.600. The molecule has 1 fully saturated rings. The van der Waals surface area contributed by atoms with Gasteiger partial charge in [0.15, 0.2) is 0 Å². The molecule has 2 rings (SSSR count). The zero-order valence-corrected chi connectivity index (χ0v) is 13.5. The van der Waals surface area contributed by atoms with Crippen LogP contribution in [0.2, 0.25) is 0 Å². The van der Waals surface area contributed by atoms with Crippen molar-refractivity contribution in [2.75, 3.05) is 13.1 Å². The van der Waals surface area contributed by atoms with Crippen LogP contribution in [-0.2, 0) is 9.59 Å². The topological polar surface area (TPSA) is 49.4 Å². The van der Waals surface area contributed by atoms with Gasteiger partial charge in [0.1, 0.15) is 0 Å². The summed E-state index contributed by atoms with van der Waals surface area (Å²) in [5.74, 6) is -2.09. The van der Waals surface area contributed by atoms with Crippen molar-refractivity contribution in [3.05, 3.63) is 22.4 Å². The number of hydrogen-bond donors (Lipinski definition) is 1. The van der Waals surface area contributed by atoms with Gasteiger partial charge in [-0.25, -0.2) is 0 Å². The Morgan fingerprint density at radius 3 is 2.78 bits per heavy atom. The molecule has 0 radical (unpaired) electrons. The van der Waals surface area contributed by atoms with Gasteiger partial charge in [-0.05, 0) is 24.3 Å². The van der Waals surface area contributed by atoms with E-state index >= 15 is 0 Å². The minimum Gasteiger partial charge on any atom is -0.348 e. The highest BCUT2D eigenvalue weighted by molar-refractivity contribution is 7.10. The van der Waals surface area contributed by atoms with Crippen LogP contribution < -0.4 is 5.32 Å². The molecule has 1 aliphatic heterocycles. The first kappa shape index (κ1) is 17.8. The number of carbonyl (C=O) groups is 2. The smallest absolute Gasteiger partial charge is 0.348 e. The largest absolute Gasteiger partial charge is 0.393 e. The van der Waals surface area contributed by atoms with Crippen molar-refractivity contribution in [3.63, 3.8) is 0 Å². The van der Waals surface area contributed by atoms with E-state index in [0.29, 0.717) is 13.0 Å². The lowest BCUT2D eigenvalue weighted by Gasteiger charge is -2.34. The molecule has 1 N–H and O–H groups in total. The molecule has 0 spiro atoms. The maximum Gasteiger partial charge on any atom is 0.393 e. The summed E-state index contributed by atoms with van der Waals surface area (Å²) >= 11 is 1.40. The number of piperidine rings is 1. The second-order valence-electron chi connectivity index (χ2n) is 5.69. The fourth-order valence-corrected chi connectivity index (χ4v) is 3.51. The lowest BCUT2D eigenvalue weighted by molar-refractivity contribution is -0.188. The number of rotatable bonds is 4. The van der Waals surface area contributed by atoms with Gasteiger partial charge in [-0.15, -0.1) is 11.3 Å². The zero-order valence-electron chi connectivity index (χ0n) is 12.7. The first-order chi connectivity index (χ1) is 10.8. The molecule has 1 saturated heterocycles. The van der Waals surface area contributed by atoms with Crippen molar-refractivity contribution in [1.82, 2.24) is 10.2 Å². The van der Waals surface area contributed by atoms with Gasteiger partial charge < -0.3 is 10.2 Å². The number of halogens is 3. The van der Waals surface area contributed by atoms with Gasteiger partial charge in [-0.2, -0.15) is 13.2 Å². The van der Waals surface area contributed by atoms with E-state index in [9.17, 15) is 22.8 Å². The SMILES string of the molecule is CC(=O)N[C@@H](CC(=O)N1CCC[C@H](C(F)(F)F)C1)c1cccs1. The second kappa shape index (κ2) is 7.33. The molecule has 0 bridgehead atoms. The van der Waals surface area contributed by atoms with E-state index in [1.807, 2.05) is 5.38 Å². The van der Waals surface area contributed by atoms with Crippen LogP contribution in [0, 0.1) is 5.92 Å². The standard InChI is InChI=1S/C15H19F3N2O2S/c1-10(21)19-12(13-5-3-7-23-13)8-14(22)20-6-2-4-11(9-20)15(16,17)18/h3,5,7,11-12H,2,4,6,8-9H2,1H3,(H,19,21)/t11-,12-/m0/s1. The molecule has 128 valence electrons. The van der Waals surface area contributed by atoms with Gasteiger partial charge in [0.25, 0.3) is 0 Å². The zero-order chi connectivity index (χ0) is 17.0. The first-order valence-electron chi connectivity index (χ1n) is 7.42. The lowest BCUT2D eigenvalue weighted by atomic mass is 9.97. The molecule has 2 atom stereocenters. The number of nitrogens with one attached hydrogen (secondary N) is 1. The third kappa shape index (κ3) is 4.95. The molecular formula is C15H19F3N2O2S. The van der Waals surface area contributed by atoms with Crippen molar-refractivity contribution in [3.8, 4) is 0 Å². The molecule has 2 heterocycles. The third-order valence-electron chi connectivity index (χ3n) is 3.88. The van der Waals surface area contributed by atoms with Crippen LogP contribution >= 0.6 is 11.3 Å². The highest BCUT2D eigenvalue weighted by Gasteiger charge is 2.42. The molecular weight excluding hydrogens is 329 g/mol. The van der Waals surface area contributed by atoms with E-state index in [4.69, 9.17) is 0 Å². The Kier molecular flexibility index (Phi) is 5.67. The highest BCUT2D eigenvalue weighted by Crippen LogP contribution is 2.33. The summed E-state index contributed by atoms with van der Waals surface area (Å²) in [6, 6.07) is 3.11. The molecule has 2 amide bonds. The minimum atomic E-state index is -4.27. The summed E-state index contributed by atoms with van der Waals surface area (Å²) in [4.78, 5) is 25.8. The Labute approximate surface area is 136 Å². The lowest BCUT2D eigenvalue weighted by Crippen LogP contribution is -2.45. The number of alkyl halides is 3. The van der Waals surface area contributed by atoms with Crippen LogP contribution in [0.4, 0.5) is 13.2 Å². The Hall–Kier alpha value is -1.57. The summed E-state index contributed by atoms with van der Waals surface area (Å²) in [5.41, 5.74) is 0. The summed E-state index contributed by atoms with van der Waals surface area (Å²) < 4.78 is 38.5. The summed E-state index contributed by atoms with van der Waals surface area (Å²) in [5, 5.41) is 4.52. The number of carbonyl (C=O) groups excluding carboxylic acids is 2. The molecule has 8 heteroatoms. The third-order valence-corrected chi connectivity index (χ3v) is 4.87. The van der Waals surface area contributed by atoms with Gasteiger partial charge in [0.05, 0.1) is 18.4 Å². The van der Waals surface area contributed by atoms with Crippen LogP contribution in [0.25, 0.3) is 0 Å². The number of amides is 2. The maximum absolute atomic E-state index is 12.8. The van der Waals surface area contributed by atoms with E-state index in [1.54, 1.807) is 12.1 Å². The molecule has 4 nitrogen and oxygen atoms in total. The maximum atomic E-state index is 12.8. The van der Waals surface area contributed by atoms with Crippen LogP contribution in [0.3, 0.4) is 0 Å². The van der Waals surface area contributed by atoms with Crippen LogP contribution in [0.15, 0.2) is 17.5 Å². The fourth-order valence-electron chi connectivity index (χ4n) is 2.73. The van der Waals surface area contributed by atoms with Gasteiger partial charge >= 0.3 is 6.18 Å². The molecule has 1 aromatic rings. The van der Waals surface area contributed by atoms with Crippen LogP contribution in [-0.4, -0.2) is 36.0 Å². The Morgan fingerprint density at radius 2 is 2.22 bits per heavy atom. The Morgan fingerprint density at radius 1 is 1.48 bits per heavy atom. The van der Waals surface area contributed by atoms with E-state index in [-0.39, 0.29) is 31.2 Å². The van der Waals surface area contributed by atoms with Crippen molar-refractivity contribution < 1.29 is 22.8 Å². The molecule has 0 aromatic carbocycles. The average molecular weight is 348 g/mol.